The van der Waals surface area contributed by atoms with Crippen molar-refractivity contribution in [3.63, 3.8) is 0 Å². The van der Waals surface area contributed by atoms with Crippen LogP contribution in [0.25, 0.3) is 6.08 Å². The number of unbranched alkanes of at least 4 members (excludes halogenated alkanes) is 1. The molecule has 0 saturated carbocycles. The van der Waals surface area contributed by atoms with Gasteiger partial charge in [-0.15, -0.1) is 0 Å². The molecule has 0 spiro atoms. The quantitative estimate of drug-likeness (QED) is 0.746. The number of benzene rings is 2. The first-order chi connectivity index (χ1) is 12.1. The predicted molar refractivity (Wildman–Crippen MR) is 102 cm³/mol. The van der Waals surface area contributed by atoms with E-state index >= 15 is 0 Å². The number of anilines is 1. The Hall–Kier alpha value is -2.88. The summed E-state index contributed by atoms with van der Waals surface area (Å²) in [5, 5.41) is 5.43. The van der Waals surface area contributed by atoms with Crippen molar-refractivity contribution in [2.45, 2.75) is 33.1 Å². The number of carbonyl (C=O) groups excluding carboxylic acids is 2. The maximum absolute atomic E-state index is 12.5. The number of nitrogens with one attached hydrogen (secondary N) is 2. The Morgan fingerprint density at radius 2 is 1.68 bits per heavy atom. The van der Waals surface area contributed by atoms with Crippen molar-refractivity contribution >= 4 is 23.6 Å². The Morgan fingerprint density at radius 1 is 1.00 bits per heavy atom. The molecular formula is C21H24N2O2. The molecule has 0 bridgehead atoms. The van der Waals surface area contributed by atoms with E-state index in [4.69, 9.17) is 0 Å². The highest BCUT2D eigenvalue weighted by molar-refractivity contribution is 6.08. The number of amides is 2. The van der Waals surface area contributed by atoms with Crippen LogP contribution >= 0.6 is 0 Å². The van der Waals surface area contributed by atoms with Crippen LogP contribution in [-0.2, 0) is 16.0 Å². The smallest absolute Gasteiger partial charge is 0.272 e. The summed E-state index contributed by atoms with van der Waals surface area (Å²) < 4.78 is 0. The molecule has 130 valence electrons. The third-order valence-corrected chi connectivity index (χ3v) is 3.70. The molecule has 0 aliphatic carbocycles. The van der Waals surface area contributed by atoms with Crippen LogP contribution in [0, 0.1) is 0 Å². The largest absolute Gasteiger partial charge is 0.322 e. The monoisotopic (exact) mass is 336 g/mol. The van der Waals surface area contributed by atoms with Gasteiger partial charge >= 0.3 is 0 Å². The fourth-order valence-electron chi connectivity index (χ4n) is 2.40. The van der Waals surface area contributed by atoms with Crippen LogP contribution in [-0.4, -0.2) is 11.8 Å². The van der Waals surface area contributed by atoms with Gasteiger partial charge < -0.3 is 10.6 Å². The molecule has 0 radical (unpaired) electrons. The Labute approximate surface area is 149 Å². The fourth-order valence-corrected chi connectivity index (χ4v) is 2.40. The average Bonchev–Trinajstić information content (AvgIpc) is 2.61. The predicted octanol–water partition coefficient (Wildman–Crippen LogP) is 4.14. The molecule has 0 aromatic heterocycles. The van der Waals surface area contributed by atoms with Gasteiger partial charge in [-0.1, -0.05) is 55.8 Å². The fraction of sp³-hybridized carbons (Fsp3) is 0.238. The van der Waals surface area contributed by atoms with E-state index in [0.717, 1.165) is 24.8 Å². The van der Waals surface area contributed by atoms with Crippen molar-refractivity contribution in [3.8, 4) is 0 Å². The summed E-state index contributed by atoms with van der Waals surface area (Å²) in [5.74, 6) is -0.632. The molecule has 2 N–H and O–H groups in total. The number of rotatable bonds is 7. The second-order valence-electron chi connectivity index (χ2n) is 5.90. The maximum atomic E-state index is 12.5. The van der Waals surface area contributed by atoms with E-state index in [-0.39, 0.29) is 17.5 Å². The molecule has 4 nitrogen and oxygen atoms in total. The van der Waals surface area contributed by atoms with E-state index in [2.05, 4.69) is 17.6 Å². The number of hydrogen-bond donors (Lipinski definition) is 2. The van der Waals surface area contributed by atoms with Gasteiger partial charge in [0, 0.05) is 12.6 Å². The van der Waals surface area contributed by atoms with Crippen molar-refractivity contribution in [1.82, 2.24) is 5.32 Å². The first kappa shape index (κ1) is 18.5. The van der Waals surface area contributed by atoms with Gasteiger partial charge in [0.2, 0.25) is 5.91 Å². The second kappa shape index (κ2) is 9.42. The van der Waals surface area contributed by atoms with Gasteiger partial charge in [-0.3, -0.25) is 9.59 Å². The zero-order valence-electron chi connectivity index (χ0n) is 14.7. The van der Waals surface area contributed by atoms with Crippen LogP contribution in [0.3, 0.4) is 0 Å². The third kappa shape index (κ3) is 6.26. The molecule has 0 atom stereocenters. The van der Waals surface area contributed by atoms with Crippen molar-refractivity contribution in [3.05, 3.63) is 71.4 Å². The molecule has 0 heterocycles. The highest BCUT2D eigenvalue weighted by Gasteiger charge is 2.11. The summed E-state index contributed by atoms with van der Waals surface area (Å²) in [6, 6.07) is 17.2. The van der Waals surface area contributed by atoms with Crippen molar-refractivity contribution < 1.29 is 9.59 Å². The van der Waals surface area contributed by atoms with E-state index in [0.29, 0.717) is 5.69 Å². The maximum Gasteiger partial charge on any atom is 0.272 e. The first-order valence-electron chi connectivity index (χ1n) is 8.53. The van der Waals surface area contributed by atoms with Crippen molar-refractivity contribution in [2.75, 3.05) is 5.32 Å². The van der Waals surface area contributed by atoms with Crippen LogP contribution in [0.5, 0.6) is 0 Å². The number of hydrogen-bond acceptors (Lipinski definition) is 2. The topological polar surface area (TPSA) is 58.2 Å². The first-order valence-corrected chi connectivity index (χ1v) is 8.53. The minimum atomic E-state index is -0.347. The lowest BCUT2D eigenvalue weighted by molar-refractivity contribution is -0.120. The average molecular weight is 336 g/mol. The Bertz CT molecular complexity index is 734. The minimum Gasteiger partial charge on any atom is -0.322 e. The SMILES string of the molecule is CCCCc1ccc(NC(=O)/C(=C/c2ccccc2)NC(C)=O)cc1. The summed E-state index contributed by atoms with van der Waals surface area (Å²) in [5.41, 5.74) is 3.02. The second-order valence-corrected chi connectivity index (χ2v) is 5.90. The Balaban J connectivity index is 2.11. The standard InChI is InChI=1S/C21H24N2O2/c1-3-4-8-17-11-13-19(14-12-17)23-21(25)20(22-16(2)24)15-18-9-6-5-7-10-18/h5-7,9-15H,3-4,8H2,1-2H3,(H,22,24)(H,23,25)/b20-15-. The van der Waals surface area contributed by atoms with Gasteiger partial charge in [0.05, 0.1) is 0 Å². The lowest BCUT2D eigenvalue weighted by Gasteiger charge is -2.10. The highest BCUT2D eigenvalue weighted by Crippen LogP contribution is 2.13. The van der Waals surface area contributed by atoms with Gasteiger partial charge in [0.25, 0.3) is 5.91 Å². The van der Waals surface area contributed by atoms with Crippen LogP contribution in [0.15, 0.2) is 60.3 Å². The molecule has 0 aliphatic heterocycles. The summed E-state index contributed by atoms with van der Waals surface area (Å²) in [6.07, 6.45) is 5.00. The van der Waals surface area contributed by atoms with Gasteiger partial charge in [0.15, 0.2) is 0 Å². The van der Waals surface area contributed by atoms with Gasteiger partial charge in [-0.05, 0) is 42.2 Å². The van der Waals surface area contributed by atoms with E-state index in [9.17, 15) is 9.59 Å². The van der Waals surface area contributed by atoms with Crippen LogP contribution in [0.1, 0.15) is 37.8 Å². The molecule has 2 amide bonds. The van der Waals surface area contributed by atoms with Gasteiger partial charge in [0.1, 0.15) is 5.70 Å². The van der Waals surface area contributed by atoms with E-state index < -0.39 is 0 Å². The molecule has 25 heavy (non-hydrogen) atoms. The summed E-state index contributed by atoms with van der Waals surface area (Å²) in [7, 11) is 0. The normalized spacial score (nSPS) is 11.0. The minimum absolute atomic E-state index is 0.216. The van der Waals surface area contributed by atoms with E-state index in [1.54, 1.807) is 6.08 Å². The zero-order chi connectivity index (χ0) is 18.1. The van der Waals surface area contributed by atoms with Gasteiger partial charge in [-0.2, -0.15) is 0 Å². The lowest BCUT2D eigenvalue weighted by atomic mass is 10.1. The van der Waals surface area contributed by atoms with Gasteiger partial charge in [-0.25, -0.2) is 0 Å². The molecule has 2 aromatic carbocycles. The molecule has 0 saturated heterocycles. The molecule has 0 fully saturated rings. The van der Waals surface area contributed by atoms with Crippen LogP contribution < -0.4 is 10.6 Å². The van der Waals surface area contributed by atoms with E-state index in [1.165, 1.54) is 12.5 Å². The van der Waals surface area contributed by atoms with Crippen LogP contribution in [0.2, 0.25) is 0 Å². The molecule has 0 unspecified atom stereocenters. The summed E-state index contributed by atoms with van der Waals surface area (Å²) in [4.78, 5) is 23.9. The van der Waals surface area contributed by atoms with E-state index in [1.807, 2.05) is 54.6 Å². The summed E-state index contributed by atoms with van der Waals surface area (Å²) >= 11 is 0. The number of aryl methyl sites for hydroxylation is 1. The van der Waals surface area contributed by atoms with Crippen molar-refractivity contribution in [1.29, 1.82) is 0 Å². The molecular weight excluding hydrogens is 312 g/mol. The molecule has 4 heteroatoms. The molecule has 0 aliphatic rings. The number of carbonyl (C=O) groups is 2. The Kier molecular flexibility index (Phi) is 6.96. The highest BCUT2D eigenvalue weighted by atomic mass is 16.2. The molecule has 2 aromatic rings. The zero-order valence-corrected chi connectivity index (χ0v) is 14.7. The van der Waals surface area contributed by atoms with Crippen LogP contribution in [0.4, 0.5) is 5.69 Å². The summed E-state index contributed by atoms with van der Waals surface area (Å²) in [6.45, 7) is 3.55. The Morgan fingerprint density at radius 3 is 2.28 bits per heavy atom. The molecule has 2 rings (SSSR count). The third-order valence-electron chi connectivity index (χ3n) is 3.70. The lowest BCUT2D eigenvalue weighted by Crippen LogP contribution is -2.28. The van der Waals surface area contributed by atoms with Crippen molar-refractivity contribution in [2.24, 2.45) is 0 Å².